The largest absolute Gasteiger partial charge is 0.507 e. The highest BCUT2D eigenvalue weighted by Crippen LogP contribution is 2.38. The zero-order valence-corrected chi connectivity index (χ0v) is 20.2. The lowest BCUT2D eigenvalue weighted by Crippen LogP contribution is -2.08. The Hall–Kier alpha value is -3.55. The maximum atomic E-state index is 13.3. The van der Waals surface area contributed by atoms with Crippen LogP contribution in [0.1, 0.15) is 63.6 Å². The number of oxime groups is 1. The number of aromatic hydroxyl groups is 1. The molecule has 5 nitrogen and oxygen atoms in total. The van der Waals surface area contributed by atoms with Gasteiger partial charge in [-0.1, -0.05) is 31.1 Å². The van der Waals surface area contributed by atoms with Crippen LogP contribution in [0, 0.1) is 0 Å². The van der Waals surface area contributed by atoms with E-state index < -0.39 is 17.5 Å². The number of halogens is 3. The molecule has 0 spiro atoms. The molecule has 1 N–H and O–H groups in total. The number of Topliss-reactive ketones (excluding diaryl/α,β-unsaturated/α-hetero) is 1. The molecule has 1 heterocycles. The molecule has 2 aromatic carbocycles. The minimum atomic E-state index is -4.70. The number of alkyl halides is 3. The third kappa shape index (κ3) is 5.93. The number of aromatic nitrogens is 1. The van der Waals surface area contributed by atoms with Crippen LogP contribution in [0.5, 0.6) is 5.75 Å². The lowest BCUT2D eigenvalue weighted by atomic mass is 10.0. The summed E-state index contributed by atoms with van der Waals surface area (Å²) in [6.07, 6.45) is -0.989. The van der Waals surface area contributed by atoms with Crippen molar-refractivity contribution in [3.8, 4) is 5.75 Å². The number of hydrogen-bond acceptors (Lipinski definition) is 4. The Kier molecular flexibility index (Phi) is 8.04. The Bertz CT molecular complexity index is 1290. The predicted molar refractivity (Wildman–Crippen MR) is 131 cm³/mol. The molecule has 3 rings (SSSR count). The van der Waals surface area contributed by atoms with Crippen molar-refractivity contribution >= 4 is 28.2 Å². The minimum absolute atomic E-state index is 0.154. The van der Waals surface area contributed by atoms with E-state index in [1.165, 1.54) is 6.07 Å². The second kappa shape index (κ2) is 10.8. The van der Waals surface area contributed by atoms with Gasteiger partial charge in [0.25, 0.3) is 0 Å². The van der Waals surface area contributed by atoms with Crippen molar-refractivity contribution in [1.82, 2.24) is 4.57 Å². The van der Waals surface area contributed by atoms with E-state index in [2.05, 4.69) is 5.16 Å². The number of allylic oxidation sites excluding steroid dienone is 1. The zero-order chi connectivity index (χ0) is 25.8. The number of phenolic OH excluding ortho intramolecular Hbond substituents is 1. The zero-order valence-electron chi connectivity index (χ0n) is 20.2. The lowest BCUT2D eigenvalue weighted by molar-refractivity contribution is -0.138. The first-order valence-corrected chi connectivity index (χ1v) is 11.5. The van der Waals surface area contributed by atoms with Gasteiger partial charge in [0, 0.05) is 34.6 Å². The van der Waals surface area contributed by atoms with Crippen molar-refractivity contribution in [3.63, 3.8) is 0 Å². The molecule has 8 heteroatoms. The fourth-order valence-electron chi connectivity index (χ4n) is 3.83. The monoisotopic (exact) mass is 486 g/mol. The van der Waals surface area contributed by atoms with Crippen LogP contribution in [-0.2, 0) is 22.4 Å². The average molecular weight is 487 g/mol. The van der Waals surface area contributed by atoms with Gasteiger partial charge >= 0.3 is 6.18 Å². The molecule has 0 unspecified atom stereocenters. The van der Waals surface area contributed by atoms with E-state index in [0.29, 0.717) is 30.7 Å². The Morgan fingerprint density at radius 3 is 2.51 bits per heavy atom. The number of nitrogens with zero attached hydrogens (tertiary/aromatic N) is 2. The SMILES string of the molecule is CCCC(=O)Cn1ccc2c(/C(C)=N/OC(=C(C)CC)c3ccc(O)c(C(F)(F)F)c3)cccc21. The molecule has 0 atom stereocenters. The van der Waals surface area contributed by atoms with Crippen LogP contribution in [0.2, 0.25) is 0 Å². The first-order valence-electron chi connectivity index (χ1n) is 11.5. The fraction of sp³-hybridized carbons (Fsp3) is 0.333. The Morgan fingerprint density at radius 1 is 1.11 bits per heavy atom. The summed E-state index contributed by atoms with van der Waals surface area (Å²) in [5.41, 5.74) is 1.95. The molecule has 0 bridgehead atoms. The van der Waals surface area contributed by atoms with Crippen LogP contribution in [-0.4, -0.2) is 21.2 Å². The van der Waals surface area contributed by atoms with E-state index in [-0.39, 0.29) is 17.1 Å². The first kappa shape index (κ1) is 26.1. The molecule has 0 saturated heterocycles. The highest BCUT2D eigenvalue weighted by atomic mass is 19.4. The van der Waals surface area contributed by atoms with E-state index in [4.69, 9.17) is 4.84 Å². The molecule has 1 aromatic heterocycles. The van der Waals surface area contributed by atoms with E-state index in [1.807, 2.05) is 48.9 Å². The summed E-state index contributed by atoms with van der Waals surface area (Å²) >= 11 is 0. The second-order valence-corrected chi connectivity index (χ2v) is 8.43. The molecule has 0 radical (unpaired) electrons. The quantitative estimate of drug-likeness (QED) is 0.196. The van der Waals surface area contributed by atoms with E-state index >= 15 is 0 Å². The van der Waals surface area contributed by atoms with Gasteiger partial charge in [-0.3, -0.25) is 4.79 Å². The normalized spacial score (nSPS) is 13.2. The van der Waals surface area contributed by atoms with Crippen LogP contribution in [0.3, 0.4) is 0 Å². The molecule has 0 aliphatic carbocycles. The molecule has 0 fully saturated rings. The Balaban J connectivity index is 1.96. The Morgan fingerprint density at radius 2 is 1.86 bits per heavy atom. The van der Waals surface area contributed by atoms with Gasteiger partial charge in [-0.15, -0.1) is 0 Å². The van der Waals surface area contributed by atoms with Gasteiger partial charge in [-0.2, -0.15) is 13.2 Å². The van der Waals surface area contributed by atoms with Crippen LogP contribution in [0.15, 0.2) is 59.4 Å². The highest BCUT2D eigenvalue weighted by Gasteiger charge is 2.34. The molecule has 0 aliphatic rings. The summed E-state index contributed by atoms with van der Waals surface area (Å²) in [5, 5.41) is 14.8. The van der Waals surface area contributed by atoms with Gasteiger partial charge in [-0.05, 0) is 62.6 Å². The number of phenols is 1. The average Bonchev–Trinajstić information content (AvgIpc) is 3.21. The summed E-state index contributed by atoms with van der Waals surface area (Å²) in [4.78, 5) is 17.8. The molecular formula is C27H29F3N2O3. The van der Waals surface area contributed by atoms with Crippen molar-refractivity contribution in [2.75, 3.05) is 0 Å². The van der Waals surface area contributed by atoms with Crippen LogP contribution in [0.4, 0.5) is 13.2 Å². The number of benzene rings is 2. The van der Waals surface area contributed by atoms with E-state index in [1.54, 1.807) is 13.8 Å². The Labute approximate surface area is 202 Å². The maximum absolute atomic E-state index is 13.3. The molecule has 0 amide bonds. The van der Waals surface area contributed by atoms with Gasteiger partial charge in [0.05, 0.1) is 17.8 Å². The fourth-order valence-corrected chi connectivity index (χ4v) is 3.83. The van der Waals surface area contributed by atoms with Crippen molar-refractivity contribution in [3.05, 3.63) is 70.9 Å². The van der Waals surface area contributed by atoms with Crippen molar-refractivity contribution in [2.45, 2.75) is 59.7 Å². The number of ketones is 1. The smallest absolute Gasteiger partial charge is 0.419 e. The van der Waals surface area contributed by atoms with E-state index in [9.17, 15) is 23.1 Å². The van der Waals surface area contributed by atoms with Gasteiger partial charge in [0.2, 0.25) is 0 Å². The van der Waals surface area contributed by atoms with Crippen molar-refractivity contribution in [2.24, 2.45) is 5.16 Å². The standard InChI is InChI=1S/C27H29F3N2O3/c1-5-8-20(33)16-32-14-13-22-21(9-7-10-24(22)32)18(4)31-35-26(17(3)6-2)19-11-12-25(34)23(15-19)27(28,29)30/h7,9-15,34H,5-6,8,16H2,1-4H3/b26-17?,31-18+. The number of carbonyl (C=O) groups excluding carboxylic acids is 1. The van der Waals surface area contributed by atoms with Crippen LogP contribution < -0.4 is 0 Å². The predicted octanol–water partition coefficient (Wildman–Crippen LogP) is 7.32. The van der Waals surface area contributed by atoms with Crippen LogP contribution >= 0.6 is 0 Å². The maximum Gasteiger partial charge on any atom is 0.419 e. The topological polar surface area (TPSA) is 63.8 Å². The van der Waals surface area contributed by atoms with Crippen molar-refractivity contribution in [1.29, 1.82) is 0 Å². The van der Waals surface area contributed by atoms with Gasteiger partial charge in [-0.25, -0.2) is 0 Å². The highest BCUT2D eigenvalue weighted by molar-refractivity contribution is 6.09. The number of fused-ring (bicyclic) bond motifs is 1. The molecular weight excluding hydrogens is 457 g/mol. The minimum Gasteiger partial charge on any atom is -0.507 e. The first-order chi connectivity index (χ1) is 16.6. The number of rotatable bonds is 9. The number of carbonyl (C=O) groups is 1. The molecule has 35 heavy (non-hydrogen) atoms. The summed E-state index contributed by atoms with van der Waals surface area (Å²) in [5.74, 6) is -0.489. The molecule has 186 valence electrons. The van der Waals surface area contributed by atoms with Gasteiger partial charge < -0.3 is 14.5 Å². The lowest BCUT2D eigenvalue weighted by Gasteiger charge is -2.14. The second-order valence-electron chi connectivity index (χ2n) is 8.43. The van der Waals surface area contributed by atoms with Gasteiger partial charge in [0.1, 0.15) is 5.75 Å². The number of hydrogen-bond donors (Lipinski definition) is 1. The summed E-state index contributed by atoms with van der Waals surface area (Å²) in [6, 6.07) is 10.8. The van der Waals surface area contributed by atoms with Gasteiger partial charge in [0.15, 0.2) is 11.5 Å². The van der Waals surface area contributed by atoms with Crippen LogP contribution in [0.25, 0.3) is 16.7 Å². The third-order valence-electron chi connectivity index (χ3n) is 5.83. The summed E-state index contributed by atoms with van der Waals surface area (Å²) < 4.78 is 41.8. The van der Waals surface area contributed by atoms with E-state index in [0.717, 1.165) is 35.0 Å². The summed E-state index contributed by atoms with van der Waals surface area (Å²) in [7, 11) is 0. The van der Waals surface area contributed by atoms with Crippen molar-refractivity contribution < 1.29 is 27.9 Å². The summed E-state index contributed by atoms with van der Waals surface area (Å²) in [6.45, 7) is 7.64. The molecule has 3 aromatic rings. The molecule has 0 saturated carbocycles. The third-order valence-corrected chi connectivity index (χ3v) is 5.83. The molecule has 0 aliphatic heterocycles.